The van der Waals surface area contributed by atoms with Gasteiger partial charge in [0.25, 0.3) is 0 Å². The second kappa shape index (κ2) is 8.11. The number of amides is 2. The molecule has 0 aliphatic rings. The van der Waals surface area contributed by atoms with Crippen molar-refractivity contribution in [1.82, 2.24) is 5.43 Å². The van der Waals surface area contributed by atoms with E-state index in [2.05, 4.69) is 15.3 Å². The predicted octanol–water partition coefficient (Wildman–Crippen LogP) is 1.49. The molecule has 22 heavy (non-hydrogen) atoms. The molecule has 0 fully saturated rings. The standard InChI is InChI=1S/C13H14N6O3/c1-8(20)9-3-5-10(6-4-9)16-17-11(7-14)12(22-2)18-19-13(15)21/h3-6,11H,1-2H3,(H3,15,19,21)/b17-16?,18-12+. The van der Waals surface area contributed by atoms with Gasteiger partial charge in [-0.3, -0.25) is 4.79 Å². The number of hydrazone groups is 1. The van der Waals surface area contributed by atoms with E-state index in [-0.39, 0.29) is 11.7 Å². The Morgan fingerprint density at radius 2 is 2.00 bits per heavy atom. The van der Waals surface area contributed by atoms with E-state index in [1.165, 1.54) is 14.0 Å². The molecule has 2 amide bonds. The highest BCUT2D eigenvalue weighted by atomic mass is 16.5. The summed E-state index contributed by atoms with van der Waals surface area (Å²) in [6.07, 6.45) is 0. The number of nitriles is 1. The van der Waals surface area contributed by atoms with Crippen LogP contribution in [0.1, 0.15) is 17.3 Å². The van der Waals surface area contributed by atoms with E-state index in [0.29, 0.717) is 11.3 Å². The van der Waals surface area contributed by atoms with E-state index in [1.54, 1.807) is 24.3 Å². The first-order valence-electron chi connectivity index (χ1n) is 6.06. The van der Waals surface area contributed by atoms with Crippen LogP contribution in [0.3, 0.4) is 0 Å². The predicted molar refractivity (Wildman–Crippen MR) is 77.5 cm³/mol. The normalized spacial score (nSPS) is 12.5. The number of rotatable bonds is 5. The molecule has 0 aliphatic heterocycles. The second-order valence-corrected chi connectivity index (χ2v) is 3.98. The number of ether oxygens (including phenoxy) is 1. The van der Waals surface area contributed by atoms with Crippen LogP contribution < -0.4 is 11.2 Å². The monoisotopic (exact) mass is 302 g/mol. The minimum absolute atomic E-state index is 0.0651. The number of azo groups is 1. The molecular weight excluding hydrogens is 288 g/mol. The third-order valence-corrected chi connectivity index (χ3v) is 2.40. The molecule has 0 aliphatic carbocycles. The minimum Gasteiger partial charge on any atom is -0.481 e. The van der Waals surface area contributed by atoms with Gasteiger partial charge in [-0.05, 0) is 31.2 Å². The molecule has 0 radical (unpaired) electrons. The summed E-state index contributed by atoms with van der Waals surface area (Å²) < 4.78 is 4.85. The number of nitrogens with two attached hydrogens (primary N) is 1. The number of primary amides is 1. The van der Waals surface area contributed by atoms with Gasteiger partial charge in [0.2, 0.25) is 11.9 Å². The Morgan fingerprint density at radius 3 is 2.45 bits per heavy atom. The molecular formula is C13H14N6O3. The molecule has 0 spiro atoms. The topological polar surface area (TPSA) is 142 Å². The number of urea groups is 1. The van der Waals surface area contributed by atoms with Gasteiger partial charge < -0.3 is 10.5 Å². The zero-order chi connectivity index (χ0) is 16.5. The molecule has 0 aromatic heterocycles. The molecule has 1 atom stereocenters. The van der Waals surface area contributed by atoms with Crippen LogP contribution in [-0.4, -0.2) is 30.9 Å². The lowest BCUT2D eigenvalue weighted by molar-refractivity contribution is 0.101. The Kier molecular flexibility index (Phi) is 6.18. The van der Waals surface area contributed by atoms with Gasteiger partial charge in [-0.2, -0.15) is 15.5 Å². The number of benzene rings is 1. The molecule has 1 aromatic carbocycles. The van der Waals surface area contributed by atoms with Crippen molar-refractivity contribution in [2.45, 2.75) is 13.0 Å². The summed E-state index contributed by atoms with van der Waals surface area (Å²) in [4.78, 5) is 21.7. The summed E-state index contributed by atoms with van der Waals surface area (Å²) in [7, 11) is 1.27. The molecule has 1 unspecified atom stereocenters. The van der Waals surface area contributed by atoms with Gasteiger partial charge in [-0.1, -0.05) is 0 Å². The number of nitrogens with zero attached hydrogens (tertiary/aromatic N) is 4. The lowest BCUT2D eigenvalue weighted by atomic mass is 10.1. The summed E-state index contributed by atoms with van der Waals surface area (Å²) in [6.45, 7) is 1.45. The highest BCUT2D eigenvalue weighted by Gasteiger charge is 2.16. The van der Waals surface area contributed by atoms with E-state index in [4.69, 9.17) is 15.7 Å². The van der Waals surface area contributed by atoms with Crippen molar-refractivity contribution in [3.05, 3.63) is 29.8 Å². The first kappa shape index (κ1) is 16.8. The fourth-order valence-electron chi connectivity index (χ4n) is 1.35. The Morgan fingerprint density at radius 1 is 1.36 bits per heavy atom. The number of hydrogen-bond donors (Lipinski definition) is 2. The van der Waals surface area contributed by atoms with Crippen LogP contribution >= 0.6 is 0 Å². The van der Waals surface area contributed by atoms with Crippen LogP contribution in [0.25, 0.3) is 0 Å². The number of carbonyl (C=O) groups is 2. The van der Waals surface area contributed by atoms with Gasteiger partial charge >= 0.3 is 6.03 Å². The van der Waals surface area contributed by atoms with Crippen LogP contribution in [-0.2, 0) is 4.74 Å². The van der Waals surface area contributed by atoms with Crippen LogP contribution in [0.5, 0.6) is 0 Å². The van der Waals surface area contributed by atoms with Gasteiger partial charge in [-0.25, -0.2) is 10.2 Å². The molecule has 1 rings (SSSR count). The molecule has 0 heterocycles. The fourth-order valence-corrected chi connectivity index (χ4v) is 1.35. The van der Waals surface area contributed by atoms with E-state index < -0.39 is 12.1 Å². The summed E-state index contributed by atoms with van der Waals surface area (Å²) in [5.74, 6) is -0.227. The maximum atomic E-state index is 11.2. The molecule has 9 heteroatoms. The Bertz CT molecular complexity index is 645. The maximum absolute atomic E-state index is 11.2. The first-order valence-corrected chi connectivity index (χ1v) is 6.06. The van der Waals surface area contributed by atoms with Crippen molar-refractivity contribution < 1.29 is 14.3 Å². The second-order valence-electron chi connectivity index (χ2n) is 3.98. The lowest BCUT2D eigenvalue weighted by Crippen LogP contribution is -2.29. The fraction of sp³-hybridized carbons (Fsp3) is 0.231. The highest BCUT2D eigenvalue weighted by Crippen LogP contribution is 2.14. The Balaban J connectivity index is 2.88. The van der Waals surface area contributed by atoms with Gasteiger partial charge in [0, 0.05) is 5.56 Å². The minimum atomic E-state index is -1.15. The molecule has 0 bridgehead atoms. The highest BCUT2D eigenvalue weighted by molar-refractivity contribution is 5.94. The largest absolute Gasteiger partial charge is 0.481 e. The van der Waals surface area contributed by atoms with Gasteiger partial charge in [-0.15, -0.1) is 5.10 Å². The van der Waals surface area contributed by atoms with Crippen LogP contribution in [0, 0.1) is 11.3 Å². The van der Waals surface area contributed by atoms with Crippen LogP contribution in [0.2, 0.25) is 0 Å². The maximum Gasteiger partial charge on any atom is 0.332 e. The number of hydrogen-bond acceptors (Lipinski definition) is 7. The number of carbonyl (C=O) groups excluding carboxylic acids is 2. The van der Waals surface area contributed by atoms with Crippen molar-refractivity contribution in [2.24, 2.45) is 21.1 Å². The third kappa shape index (κ3) is 5.01. The number of ketones is 1. The Labute approximate surface area is 126 Å². The van der Waals surface area contributed by atoms with Gasteiger partial charge in [0.1, 0.15) is 6.07 Å². The average Bonchev–Trinajstić information content (AvgIpc) is 2.50. The summed E-state index contributed by atoms with van der Waals surface area (Å²) in [6, 6.07) is 6.12. The van der Waals surface area contributed by atoms with Crippen LogP contribution in [0.4, 0.5) is 10.5 Å². The van der Waals surface area contributed by atoms with Crippen molar-refractivity contribution in [3.8, 4) is 6.07 Å². The summed E-state index contributed by atoms with van der Waals surface area (Å²) >= 11 is 0. The zero-order valence-electron chi connectivity index (χ0n) is 12.0. The summed E-state index contributed by atoms with van der Waals surface area (Å²) in [5, 5.41) is 20.2. The third-order valence-electron chi connectivity index (χ3n) is 2.40. The quantitative estimate of drug-likeness (QED) is 0.279. The molecule has 1 aromatic rings. The van der Waals surface area contributed by atoms with Crippen molar-refractivity contribution >= 4 is 23.4 Å². The van der Waals surface area contributed by atoms with E-state index >= 15 is 0 Å². The number of nitrogens with one attached hydrogen (secondary N) is 1. The molecule has 3 N–H and O–H groups in total. The number of Topliss-reactive ketones (excluding diaryl/α,β-unsaturated/α-hetero) is 1. The van der Waals surface area contributed by atoms with Crippen LogP contribution in [0.15, 0.2) is 39.6 Å². The smallest absolute Gasteiger partial charge is 0.332 e. The van der Waals surface area contributed by atoms with E-state index in [0.717, 1.165) is 0 Å². The van der Waals surface area contributed by atoms with E-state index in [9.17, 15) is 9.59 Å². The SMILES string of the molecule is CO/C(=N/NC(N)=O)C(C#N)N=Nc1ccc(C(C)=O)cc1. The average molecular weight is 302 g/mol. The van der Waals surface area contributed by atoms with E-state index in [1.807, 2.05) is 11.5 Å². The van der Waals surface area contributed by atoms with Gasteiger partial charge in [0.05, 0.1) is 12.8 Å². The molecule has 0 saturated heterocycles. The molecule has 9 nitrogen and oxygen atoms in total. The Hall–Kier alpha value is -3.28. The lowest BCUT2D eigenvalue weighted by Gasteiger charge is -2.05. The van der Waals surface area contributed by atoms with Gasteiger partial charge in [0.15, 0.2) is 5.78 Å². The molecule has 114 valence electrons. The summed E-state index contributed by atoms with van der Waals surface area (Å²) in [5.41, 5.74) is 7.79. The van der Waals surface area contributed by atoms with Crippen molar-refractivity contribution in [1.29, 1.82) is 5.26 Å². The molecule has 0 saturated carbocycles. The first-order chi connectivity index (χ1) is 10.5. The van der Waals surface area contributed by atoms with Crippen molar-refractivity contribution in [3.63, 3.8) is 0 Å². The zero-order valence-corrected chi connectivity index (χ0v) is 12.0. The number of methoxy groups -OCH3 is 1. The van der Waals surface area contributed by atoms with Crippen molar-refractivity contribution in [2.75, 3.05) is 7.11 Å².